The van der Waals surface area contributed by atoms with Crippen molar-refractivity contribution in [3.05, 3.63) is 28.7 Å². The minimum absolute atomic E-state index is 0.178. The molecule has 1 aromatic carbocycles. The number of carbonyl (C=O) groups excluding carboxylic acids is 1. The molecule has 1 atom stereocenters. The normalized spacial score (nSPS) is 22.4. The first-order valence-corrected chi connectivity index (χ1v) is 11.0. The van der Waals surface area contributed by atoms with E-state index in [9.17, 15) is 9.59 Å². The van der Waals surface area contributed by atoms with Gasteiger partial charge in [-0.05, 0) is 39.3 Å². The van der Waals surface area contributed by atoms with Crippen LogP contribution >= 0.6 is 0 Å². The highest BCUT2D eigenvalue weighted by Crippen LogP contribution is 2.33. The summed E-state index contributed by atoms with van der Waals surface area (Å²) in [7, 11) is 1.72. The monoisotopic (exact) mass is 451 g/mol. The van der Waals surface area contributed by atoms with Crippen LogP contribution in [-0.2, 0) is 11.8 Å². The van der Waals surface area contributed by atoms with Crippen molar-refractivity contribution in [1.82, 2.24) is 19.4 Å². The fourth-order valence-electron chi connectivity index (χ4n) is 4.68. The molecule has 8 nitrogen and oxygen atoms in total. The Labute approximate surface area is 185 Å². The van der Waals surface area contributed by atoms with Crippen LogP contribution in [0.3, 0.4) is 0 Å². The Morgan fingerprint density at radius 2 is 1.84 bits per heavy atom. The molecule has 10 heteroatoms. The van der Waals surface area contributed by atoms with E-state index in [1.165, 1.54) is 0 Å². The lowest BCUT2D eigenvalue weighted by atomic mass is 9.98. The van der Waals surface area contributed by atoms with Gasteiger partial charge in [-0.25, -0.2) is 18.4 Å². The number of aryl methyl sites for hydroxylation is 1. The standard InChI is InChI=1S/C22H31F2N5O3/c1-21(2,3)32-20(31)29-9-8-17(22(23,24)14-29)28-12-10-27(11-13-28)16-7-5-6-15-18(16)26(4)19(30)25-15/h5-7,17H,8-14H2,1-4H3,(H,25,30). The van der Waals surface area contributed by atoms with Crippen LogP contribution in [0.25, 0.3) is 11.0 Å². The van der Waals surface area contributed by atoms with Crippen LogP contribution in [0, 0.1) is 0 Å². The Morgan fingerprint density at radius 1 is 1.16 bits per heavy atom. The first kappa shape index (κ1) is 22.6. The lowest BCUT2D eigenvalue weighted by Crippen LogP contribution is -2.62. The molecule has 1 N–H and O–H groups in total. The summed E-state index contributed by atoms with van der Waals surface area (Å²) in [5.41, 5.74) is 1.61. The number of benzene rings is 1. The number of nitrogens with one attached hydrogen (secondary N) is 1. The quantitative estimate of drug-likeness (QED) is 0.760. The van der Waals surface area contributed by atoms with Crippen molar-refractivity contribution in [1.29, 1.82) is 0 Å². The number of halogens is 2. The van der Waals surface area contributed by atoms with Crippen LogP contribution in [0.1, 0.15) is 27.2 Å². The Morgan fingerprint density at radius 3 is 2.47 bits per heavy atom. The van der Waals surface area contributed by atoms with Gasteiger partial charge in [0, 0.05) is 39.8 Å². The van der Waals surface area contributed by atoms with Crippen molar-refractivity contribution in [3.8, 4) is 0 Å². The molecule has 32 heavy (non-hydrogen) atoms. The number of aromatic nitrogens is 2. The zero-order valence-electron chi connectivity index (χ0n) is 19.0. The van der Waals surface area contributed by atoms with Gasteiger partial charge in [-0.15, -0.1) is 0 Å². The molecule has 2 fully saturated rings. The van der Waals surface area contributed by atoms with E-state index in [1.807, 2.05) is 23.1 Å². The van der Waals surface area contributed by atoms with Gasteiger partial charge in [0.1, 0.15) is 5.60 Å². The van der Waals surface area contributed by atoms with Gasteiger partial charge in [0.05, 0.1) is 29.3 Å². The van der Waals surface area contributed by atoms with Gasteiger partial charge in [-0.1, -0.05) is 6.07 Å². The third kappa shape index (κ3) is 4.32. The minimum Gasteiger partial charge on any atom is -0.444 e. The van der Waals surface area contributed by atoms with Crippen molar-refractivity contribution in [2.45, 2.75) is 44.8 Å². The average Bonchev–Trinajstić information content (AvgIpc) is 3.00. The third-order valence-electron chi connectivity index (χ3n) is 6.21. The molecule has 2 aliphatic heterocycles. The smallest absolute Gasteiger partial charge is 0.410 e. The number of alkyl halides is 2. The second kappa shape index (κ2) is 8.06. The summed E-state index contributed by atoms with van der Waals surface area (Å²) in [6.07, 6.45) is -0.487. The number of nitrogens with zero attached hydrogens (tertiary/aromatic N) is 4. The SMILES string of the molecule is Cn1c(=O)[nH]c2cccc(N3CCN(C4CCN(C(=O)OC(C)(C)C)CC4(F)F)CC3)c21. The van der Waals surface area contributed by atoms with Crippen molar-refractivity contribution in [3.63, 3.8) is 0 Å². The van der Waals surface area contributed by atoms with E-state index in [-0.39, 0.29) is 18.7 Å². The second-order valence-electron chi connectivity index (χ2n) is 9.65. The van der Waals surface area contributed by atoms with E-state index >= 15 is 8.78 Å². The summed E-state index contributed by atoms with van der Waals surface area (Å²) in [4.78, 5) is 32.2. The number of imidazole rings is 1. The van der Waals surface area contributed by atoms with E-state index in [0.717, 1.165) is 21.6 Å². The van der Waals surface area contributed by atoms with Crippen LogP contribution in [0.15, 0.2) is 23.0 Å². The number of hydrogen-bond donors (Lipinski definition) is 1. The van der Waals surface area contributed by atoms with Gasteiger partial charge < -0.3 is 19.5 Å². The maximum absolute atomic E-state index is 15.0. The van der Waals surface area contributed by atoms with Crippen LogP contribution in [0.2, 0.25) is 0 Å². The molecular formula is C22H31F2N5O3. The van der Waals surface area contributed by atoms with Gasteiger partial charge in [-0.2, -0.15) is 0 Å². The summed E-state index contributed by atoms with van der Waals surface area (Å²) in [5, 5.41) is 0. The fourth-order valence-corrected chi connectivity index (χ4v) is 4.68. The van der Waals surface area contributed by atoms with Gasteiger partial charge in [-0.3, -0.25) is 9.47 Å². The molecule has 4 rings (SSSR count). The van der Waals surface area contributed by atoms with E-state index in [0.29, 0.717) is 26.2 Å². The minimum atomic E-state index is -3.01. The number of rotatable bonds is 2. The zero-order chi connectivity index (χ0) is 23.3. The van der Waals surface area contributed by atoms with Gasteiger partial charge in [0.2, 0.25) is 0 Å². The molecule has 0 aliphatic carbocycles. The summed E-state index contributed by atoms with van der Waals surface area (Å²) in [6, 6.07) is 4.80. The molecule has 1 amide bonds. The highest BCUT2D eigenvalue weighted by atomic mass is 19.3. The number of fused-ring (bicyclic) bond motifs is 1. The number of amides is 1. The number of para-hydroxylation sites is 1. The van der Waals surface area contributed by atoms with E-state index in [1.54, 1.807) is 32.4 Å². The molecule has 176 valence electrons. The van der Waals surface area contributed by atoms with Crippen LogP contribution in [0.4, 0.5) is 19.3 Å². The van der Waals surface area contributed by atoms with Gasteiger partial charge >= 0.3 is 11.8 Å². The largest absolute Gasteiger partial charge is 0.444 e. The Hall–Kier alpha value is -2.62. The molecule has 0 bridgehead atoms. The maximum atomic E-state index is 15.0. The molecule has 2 aromatic rings. The molecular weight excluding hydrogens is 420 g/mol. The lowest BCUT2D eigenvalue weighted by molar-refractivity contribution is -0.126. The average molecular weight is 452 g/mol. The van der Waals surface area contributed by atoms with Crippen LogP contribution in [-0.4, -0.2) is 82.3 Å². The Kier molecular flexibility index (Phi) is 5.68. The van der Waals surface area contributed by atoms with Crippen molar-refractivity contribution in [2.24, 2.45) is 7.05 Å². The maximum Gasteiger partial charge on any atom is 0.410 e. The highest BCUT2D eigenvalue weighted by Gasteiger charge is 2.49. The summed E-state index contributed by atoms with van der Waals surface area (Å²) < 4.78 is 36.9. The molecule has 3 heterocycles. The summed E-state index contributed by atoms with van der Waals surface area (Å²) >= 11 is 0. The van der Waals surface area contributed by atoms with E-state index in [2.05, 4.69) is 9.88 Å². The number of carbonyl (C=O) groups is 1. The number of piperidine rings is 1. The van der Waals surface area contributed by atoms with Gasteiger partial charge in [0.15, 0.2) is 0 Å². The molecule has 0 spiro atoms. The molecule has 1 unspecified atom stereocenters. The number of H-pyrrole nitrogens is 1. The molecule has 1 aromatic heterocycles. The van der Waals surface area contributed by atoms with E-state index < -0.39 is 30.2 Å². The number of aromatic amines is 1. The number of piperazine rings is 1. The molecule has 2 aliphatic rings. The Bertz CT molecular complexity index is 1050. The first-order valence-electron chi connectivity index (χ1n) is 11.0. The number of anilines is 1. The van der Waals surface area contributed by atoms with Crippen LogP contribution in [0.5, 0.6) is 0 Å². The first-order chi connectivity index (χ1) is 15.0. The van der Waals surface area contributed by atoms with Gasteiger partial charge in [0.25, 0.3) is 5.92 Å². The second-order valence-corrected chi connectivity index (χ2v) is 9.65. The lowest BCUT2D eigenvalue weighted by Gasteiger charge is -2.46. The summed E-state index contributed by atoms with van der Waals surface area (Å²) in [6.45, 7) is 6.94. The predicted molar refractivity (Wildman–Crippen MR) is 118 cm³/mol. The third-order valence-corrected chi connectivity index (χ3v) is 6.21. The van der Waals surface area contributed by atoms with Crippen molar-refractivity contribution >= 4 is 22.8 Å². The van der Waals surface area contributed by atoms with E-state index in [4.69, 9.17) is 4.74 Å². The number of hydrogen-bond acceptors (Lipinski definition) is 5. The highest BCUT2D eigenvalue weighted by molar-refractivity contribution is 5.89. The predicted octanol–water partition coefficient (Wildman–Crippen LogP) is 2.63. The van der Waals surface area contributed by atoms with Crippen molar-refractivity contribution < 1.29 is 18.3 Å². The topological polar surface area (TPSA) is 73.8 Å². The zero-order valence-corrected chi connectivity index (χ0v) is 19.0. The number of likely N-dealkylation sites (tertiary alicyclic amines) is 1. The molecule has 0 radical (unpaired) electrons. The molecule has 2 saturated heterocycles. The van der Waals surface area contributed by atoms with Crippen molar-refractivity contribution in [2.75, 3.05) is 44.2 Å². The van der Waals surface area contributed by atoms with Crippen LogP contribution < -0.4 is 10.6 Å². The molecule has 0 saturated carbocycles. The number of ether oxygens (including phenoxy) is 1. The summed E-state index contributed by atoms with van der Waals surface area (Å²) in [5.74, 6) is -3.01. The Balaban J connectivity index is 1.42. The fraction of sp³-hybridized carbons (Fsp3) is 0.636.